The fourth-order valence-electron chi connectivity index (χ4n) is 2.30. The largest absolute Gasteiger partial charge is 0.497 e. The monoisotopic (exact) mass is 314 g/mol. The van der Waals surface area contributed by atoms with Gasteiger partial charge in [0.25, 0.3) is 0 Å². The first-order valence-electron chi connectivity index (χ1n) is 8.28. The predicted octanol–water partition coefficient (Wildman–Crippen LogP) is 4.61. The zero-order chi connectivity index (χ0) is 16.3. The number of anilines is 1. The number of unbranched alkanes of at least 4 members (excludes halogenated alkanes) is 3. The molecule has 0 spiro atoms. The van der Waals surface area contributed by atoms with Crippen LogP contribution in [-0.4, -0.2) is 18.6 Å². The molecule has 0 saturated heterocycles. The Morgan fingerprint density at radius 1 is 1.00 bits per heavy atom. The van der Waals surface area contributed by atoms with E-state index in [-0.39, 0.29) is 0 Å². The van der Waals surface area contributed by atoms with Gasteiger partial charge in [0.15, 0.2) is 5.82 Å². The Bertz CT molecular complexity index is 543. The second kappa shape index (κ2) is 9.85. The van der Waals surface area contributed by atoms with Crippen LogP contribution in [0.15, 0.2) is 48.7 Å². The van der Waals surface area contributed by atoms with E-state index >= 15 is 0 Å². The summed E-state index contributed by atoms with van der Waals surface area (Å²) in [5.41, 5.74) is 1.11. The number of rotatable bonds is 10. The molecular weight excluding hydrogens is 288 g/mol. The molecule has 0 aliphatic heterocycles. The lowest BCUT2D eigenvalue weighted by Crippen LogP contribution is -2.25. The number of ether oxygens (including phenoxy) is 1. The third-order valence-corrected chi connectivity index (χ3v) is 3.67. The van der Waals surface area contributed by atoms with Crippen LogP contribution in [0.4, 0.5) is 5.82 Å². The Labute approximate surface area is 139 Å². The van der Waals surface area contributed by atoms with Crippen molar-refractivity contribution < 1.29 is 9.57 Å². The van der Waals surface area contributed by atoms with E-state index in [9.17, 15) is 0 Å². The number of benzene rings is 1. The minimum absolute atomic E-state index is 0.522. The van der Waals surface area contributed by atoms with Gasteiger partial charge >= 0.3 is 0 Å². The first kappa shape index (κ1) is 17.3. The van der Waals surface area contributed by atoms with Crippen molar-refractivity contribution in [3.05, 3.63) is 54.2 Å². The molecule has 0 aliphatic carbocycles. The van der Waals surface area contributed by atoms with Crippen LogP contribution in [0.25, 0.3) is 0 Å². The summed E-state index contributed by atoms with van der Waals surface area (Å²) in [5, 5.41) is 1.90. The molecule has 0 amide bonds. The van der Waals surface area contributed by atoms with Gasteiger partial charge in [0, 0.05) is 12.7 Å². The van der Waals surface area contributed by atoms with Crippen LogP contribution in [0.2, 0.25) is 0 Å². The van der Waals surface area contributed by atoms with Crippen LogP contribution in [-0.2, 0) is 11.4 Å². The van der Waals surface area contributed by atoms with Crippen molar-refractivity contribution in [2.24, 2.45) is 0 Å². The number of nitrogens with zero attached hydrogens (tertiary/aromatic N) is 2. The molecule has 0 atom stereocenters. The Kier molecular flexibility index (Phi) is 7.40. The lowest BCUT2D eigenvalue weighted by molar-refractivity contribution is 0.0916. The lowest BCUT2D eigenvalue weighted by atomic mass is 10.2. The Hall–Kier alpha value is -2.07. The minimum atomic E-state index is 0.522. The third kappa shape index (κ3) is 5.91. The second-order valence-corrected chi connectivity index (χ2v) is 5.47. The van der Waals surface area contributed by atoms with Crippen LogP contribution >= 0.6 is 0 Å². The maximum absolute atomic E-state index is 6.00. The molecule has 0 radical (unpaired) electrons. The van der Waals surface area contributed by atoms with Gasteiger partial charge in [0.2, 0.25) is 0 Å². The van der Waals surface area contributed by atoms with Crippen molar-refractivity contribution in [1.29, 1.82) is 0 Å². The van der Waals surface area contributed by atoms with Gasteiger partial charge in [-0.2, -0.15) is 0 Å². The molecule has 4 nitrogen and oxygen atoms in total. The molecule has 124 valence electrons. The maximum Gasteiger partial charge on any atom is 0.152 e. The molecule has 4 heteroatoms. The summed E-state index contributed by atoms with van der Waals surface area (Å²) < 4.78 is 5.18. The Balaban J connectivity index is 1.93. The average Bonchev–Trinajstić information content (AvgIpc) is 2.62. The van der Waals surface area contributed by atoms with Gasteiger partial charge in [0.05, 0.1) is 13.7 Å². The van der Waals surface area contributed by atoms with E-state index < -0.39 is 0 Å². The number of hydrogen-bond acceptors (Lipinski definition) is 4. The molecular formula is C19H26N2O2. The highest BCUT2D eigenvalue weighted by atomic mass is 16.7. The molecule has 2 rings (SSSR count). The molecule has 1 aromatic carbocycles. The summed E-state index contributed by atoms with van der Waals surface area (Å²) in [6.45, 7) is 3.60. The van der Waals surface area contributed by atoms with Crippen molar-refractivity contribution in [3.63, 3.8) is 0 Å². The SMILES string of the molecule is CCCCCCN(OCc1ccc(OC)cc1)c1ccccn1. The second-order valence-electron chi connectivity index (χ2n) is 5.47. The zero-order valence-corrected chi connectivity index (χ0v) is 14.1. The van der Waals surface area contributed by atoms with Gasteiger partial charge in [-0.15, -0.1) is 0 Å². The van der Waals surface area contributed by atoms with Gasteiger partial charge in [-0.05, 0) is 36.2 Å². The van der Waals surface area contributed by atoms with Gasteiger partial charge in [-0.1, -0.05) is 44.4 Å². The smallest absolute Gasteiger partial charge is 0.152 e. The van der Waals surface area contributed by atoms with Crippen LogP contribution in [0.3, 0.4) is 0 Å². The van der Waals surface area contributed by atoms with Crippen molar-refractivity contribution in [1.82, 2.24) is 4.98 Å². The zero-order valence-electron chi connectivity index (χ0n) is 14.1. The molecule has 0 aliphatic rings. The molecule has 0 N–H and O–H groups in total. The Morgan fingerprint density at radius 3 is 2.48 bits per heavy atom. The Morgan fingerprint density at radius 2 is 1.83 bits per heavy atom. The maximum atomic E-state index is 6.00. The topological polar surface area (TPSA) is 34.6 Å². The molecule has 1 aromatic heterocycles. The number of aromatic nitrogens is 1. The van der Waals surface area contributed by atoms with E-state index in [1.807, 2.05) is 47.5 Å². The first-order chi connectivity index (χ1) is 11.3. The van der Waals surface area contributed by atoms with Crippen LogP contribution in [0.5, 0.6) is 5.75 Å². The van der Waals surface area contributed by atoms with Gasteiger partial charge in [-0.25, -0.2) is 10.0 Å². The van der Waals surface area contributed by atoms with E-state index in [4.69, 9.17) is 9.57 Å². The van der Waals surface area contributed by atoms with Gasteiger partial charge in [0.1, 0.15) is 5.75 Å². The molecule has 2 aromatic rings. The highest BCUT2D eigenvalue weighted by Crippen LogP contribution is 2.16. The van der Waals surface area contributed by atoms with E-state index in [0.717, 1.165) is 30.1 Å². The van der Waals surface area contributed by atoms with Crippen molar-refractivity contribution >= 4 is 5.82 Å². The van der Waals surface area contributed by atoms with Crippen LogP contribution < -0.4 is 9.80 Å². The molecule has 0 fully saturated rings. The van der Waals surface area contributed by atoms with Crippen LogP contribution in [0, 0.1) is 0 Å². The molecule has 1 heterocycles. The van der Waals surface area contributed by atoms with Crippen molar-refractivity contribution in [3.8, 4) is 5.75 Å². The summed E-state index contributed by atoms with van der Waals surface area (Å²) in [7, 11) is 1.67. The quantitative estimate of drug-likeness (QED) is 0.474. The van der Waals surface area contributed by atoms with Crippen molar-refractivity contribution in [2.75, 3.05) is 18.7 Å². The fraction of sp³-hybridized carbons (Fsp3) is 0.421. The predicted molar refractivity (Wildman–Crippen MR) is 93.5 cm³/mol. The number of hydroxylamine groups is 1. The van der Waals surface area contributed by atoms with Gasteiger partial charge < -0.3 is 4.74 Å². The number of pyridine rings is 1. The lowest BCUT2D eigenvalue weighted by Gasteiger charge is -2.23. The summed E-state index contributed by atoms with van der Waals surface area (Å²) >= 11 is 0. The highest BCUT2D eigenvalue weighted by molar-refractivity contribution is 5.34. The summed E-state index contributed by atoms with van der Waals surface area (Å²) in [5.74, 6) is 1.72. The standard InChI is InChI=1S/C19H26N2O2/c1-3-4-5-8-15-21(19-9-6-7-14-20-19)23-16-17-10-12-18(22-2)13-11-17/h6-7,9-14H,3-5,8,15-16H2,1-2H3. The van der Waals surface area contributed by atoms with E-state index in [1.165, 1.54) is 19.3 Å². The highest BCUT2D eigenvalue weighted by Gasteiger charge is 2.08. The molecule has 23 heavy (non-hydrogen) atoms. The van der Waals surface area contributed by atoms with Crippen molar-refractivity contribution in [2.45, 2.75) is 39.2 Å². The van der Waals surface area contributed by atoms with E-state index in [0.29, 0.717) is 6.61 Å². The summed E-state index contributed by atoms with van der Waals surface area (Å²) in [4.78, 5) is 10.4. The number of methoxy groups -OCH3 is 1. The normalized spacial score (nSPS) is 10.5. The summed E-state index contributed by atoms with van der Waals surface area (Å²) in [6.07, 6.45) is 6.61. The summed E-state index contributed by atoms with van der Waals surface area (Å²) in [6, 6.07) is 13.8. The molecule has 0 bridgehead atoms. The van der Waals surface area contributed by atoms with Gasteiger partial charge in [-0.3, -0.25) is 4.84 Å². The first-order valence-corrected chi connectivity index (χ1v) is 8.28. The van der Waals surface area contributed by atoms with E-state index in [2.05, 4.69) is 11.9 Å². The fourth-order valence-corrected chi connectivity index (χ4v) is 2.30. The van der Waals surface area contributed by atoms with Crippen LogP contribution in [0.1, 0.15) is 38.2 Å². The third-order valence-electron chi connectivity index (χ3n) is 3.67. The average molecular weight is 314 g/mol. The molecule has 0 saturated carbocycles. The number of hydrogen-bond donors (Lipinski definition) is 0. The van der Waals surface area contributed by atoms with E-state index in [1.54, 1.807) is 13.3 Å². The minimum Gasteiger partial charge on any atom is -0.497 e. The molecule has 0 unspecified atom stereocenters.